The highest BCUT2D eigenvalue weighted by molar-refractivity contribution is 6.15. The van der Waals surface area contributed by atoms with Crippen LogP contribution >= 0.6 is 0 Å². The van der Waals surface area contributed by atoms with Crippen LogP contribution in [0.5, 0.6) is 0 Å². The zero-order valence-corrected chi connectivity index (χ0v) is 16.9. The Bertz CT molecular complexity index is 990. The molecule has 154 valence electrons. The van der Waals surface area contributed by atoms with Gasteiger partial charge in [0.05, 0.1) is 0 Å². The van der Waals surface area contributed by atoms with E-state index in [0.29, 0.717) is 5.69 Å². The number of anilines is 2. The first-order chi connectivity index (χ1) is 14.5. The number of hydrogen-bond acceptors (Lipinski definition) is 4. The van der Waals surface area contributed by atoms with Crippen molar-refractivity contribution in [1.82, 2.24) is 10.2 Å². The van der Waals surface area contributed by atoms with Gasteiger partial charge in [-0.1, -0.05) is 29.8 Å². The Labute approximate surface area is 175 Å². The summed E-state index contributed by atoms with van der Waals surface area (Å²) >= 11 is 0. The number of carbonyl (C=O) groups excluding carboxylic acids is 3. The second kappa shape index (κ2) is 8.41. The molecule has 2 heterocycles. The fourth-order valence-corrected chi connectivity index (χ4v) is 3.62. The largest absolute Gasteiger partial charge is 0.372 e. The van der Waals surface area contributed by atoms with Gasteiger partial charge in [0.15, 0.2) is 0 Å². The molecule has 2 fully saturated rings. The van der Waals surface area contributed by atoms with Gasteiger partial charge in [-0.15, -0.1) is 0 Å². The normalized spacial score (nSPS) is 17.6. The fraction of sp³-hybridized carbons (Fsp3) is 0.261. The van der Waals surface area contributed by atoms with Gasteiger partial charge in [-0.25, -0.2) is 9.69 Å². The number of imide groups is 1. The zero-order valence-electron chi connectivity index (χ0n) is 16.9. The first-order valence-corrected chi connectivity index (χ1v) is 10.1. The van der Waals surface area contributed by atoms with Gasteiger partial charge in [0.1, 0.15) is 12.2 Å². The van der Waals surface area contributed by atoms with Gasteiger partial charge in [-0.3, -0.25) is 9.59 Å². The third-order valence-corrected chi connectivity index (χ3v) is 5.27. The van der Waals surface area contributed by atoms with Gasteiger partial charge in [-0.2, -0.15) is 0 Å². The van der Waals surface area contributed by atoms with E-state index in [-0.39, 0.29) is 12.2 Å². The maximum atomic E-state index is 12.6. The summed E-state index contributed by atoms with van der Waals surface area (Å²) in [5, 5.41) is 5.25. The first-order valence-electron chi connectivity index (χ1n) is 10.1. The van der Waals surface area contributed by atoms with Crippen LogP contribution < -0.4 is 15.5 Å². The Morgan fingerprint density at radius 3 is 2.37 bits per heavy atom. The number of aryl methyl sites for hydroxylation is 1. The molecule has 4 amide bonds. The van der Waals surface area contributed by atoms with Crippen molar-refractivity contribution in [2.45, 2.75) is 19.8 Å². The van der Waals surface area contributed by atoms with Crippen LogP contribution in [-0.2, 0) is 9.59 Å². The number of urea groups is 1. The molecule has 2 aromatic rings. The summed E-state index contributed by atoms with van der Waals surface area (Å²) in [6, 6.07) is 14.6. The van der Waals surface area contributed by atoms with Crippen molar-refractivity contribution in [3.05, 3.63) is 65.4 Å². The van der Waals surface area contributed by atoms with Crippen molar-refractivity contribution < 1.29 is 14.4 Å². The molecule has 0 aliphatic carbocycles. The van der Waals surface area contributed by atoms with Gasteiger partial charge in [0.2, 0.25) is 5.91 Å². The minimum Gasteiger partial charge on any atom is -0.372 e. The number of nitrogens with zero attached hydrogens (tertiary/aromatic N) is 2. The molecule has 2 aromatic carbocycles. The predicted octanol–water partition coefficient (Wildman–Crippen LogP) is 3.13. The lowest BCUT2D eigenvalue weighted by molar-refractivity contribution is -0.127. The molecule has 4 rings (SSSR count). The average molecular weight is 404 g/mol. The lowest BCUT2D eigenvalue weighted by atomic mass is 10.1. The maximum Gasteiger partial charge on any atom is 0.329 e. The van der Waals surface area contributed by atoms with Gasteiger partial charge < -0.3 is 15.5 Å². The molecule has 0 radical (unpaired) electrons. The van der Waals surface area contributed by atoms with E-state index in [0.717, 1.165) is 34.8 Å². The maximum absolute atomic E-state index is 12.6. The molecule has 2 aliphatic heterocycles. The minimum absolute atomic E-state index is 0.164. The molecular formula is C23H24N4O3. The standard InChI is InChI=1S/C23H24N4O3/c1-16-4-8-18(9-5-16)24-21(28)15-27-22(29)20(25-23(27)30)14-17-6-10-19(11-7-17)26-12-2-3-13-26/h4-11,14H,2-3,12-13,15H2,1H3,(H,24,28)(H,25,30)/b20-14-. The molecule has 7 heteroatoms. The number of nitrogens with one attached hydrogen (secondary N) is 2. The molecule has 2 aliphatic rings. The van der Waals surface area contributed by atoms with E-state index < -0.39 is 17.8 Å². The summed E-state index contributed by atoms with van der Waals surface area (Å²) in [7, 11) is 0. The van der Waals surface area contributed by atoms with E-state index in [4.69, 9.17) is 0 Å². The first kappa shape index (κ1) is 19.7. The molecule has 7 nitrogen and oxygen atoms in total. The van der Waals surface area contributed by atoms with Crippen molar-refractivity contribution in [2.75, 3.05) is 29.9 Å². The fourth-order valence-electron chi connectivity index (χ4n) is 3.62. The van der Waals surface area contributed by atoms with Crippen LogP contribution in [0.15, 0.2) is 54.2 Å². The van der Waals surface area contributed by atoms with Gasteiger partial charge in [0.25, 0.3) is 5.91 Å². The van der Waals surface area contributed by atoms with Crippen LogP contribution in [0.4, 0.5) is 16.2 Å². The number of amides is 4. The summed E-state index contributed by atoms with van der Waals surface area (Å²) in [6.45, 7) is 3.74. The Kier molecular flexibility index (Phi) is 5.52. The summed E-state index contributed by atoms with van der Waals surface area (Å²) in [6.07, 6.45) is 4.05. The molecule has 30 heavy (non-hydrogen) atoms. The molecule has 2 saturated heterocycles. The Morgan fingerprint density at radius 2 is 1.70 bits per heavy atom. The highest BCUT2D eigenvalue weighted by Crippen LogP contribution is 2.22. The third-order valence-electron chi connectivity index (χ3n) is 5.27. The highest BCUT2D eigenvalue weighted by Gasteiger charge is 2.34. The van der Waals surface area contributed by atoms with Crippen LogP contribution in [0.3, 0.4) is 0 Å². The lowest BCUT2D eigenvalue weighted by Gasteiger charge is -2.17. The van der Waals surface area contributed by atoms with Crippen molar-refractivity contribution in [3.63, 3.8) is 0 Å². The topological polar surface area (TPSA) is 81.8 Å². The van der Waals surface area contributed by atoms with Crippen LogP contribution in [0.1, 0.15) is 24.0 Å². The predicted molar refractivity (Wildman–Crippen MR) is 116 cm³/mol. The Balaban J connectivity index is 1.40. The van der Waals surface area contributed by atoms with E-state index >= 15 is 0 Å². The summed E-state index contributed by atoms with van der Waals surface area (Å²) in [5.74, 6) is -0.943. The highest BCUT2D eigenvalue weighted by atomic mass is 16.2. The quantitative estimate of drug-likeness (QED) is 0.593. The second-order valence-corrected chi connectivity index (χ2v) is 7.58. The van der Waals surface area contributed by atoms with E-state index in [1.807, 2.05) is 43.3 Å². The molecule has 0 bridgehead atoms. The molecule has 0 saturated carbocycles. The third kappa shape index (κ3) is 4.35. The average Bonchev–Trinajstić information content (AvgIpc) is 3.35. The van der Waals surface area contributed by atoms with Gasteiger partial charge in [0, 0.05) is 24.5 Å². The van der Waals surface area contributed by atoms with Gasteiger partial charge >= 0.3 is 6.03 Å². The van der Waals surface area contributed by atoms with Crippen molar-refractivity contribution in [3.8, 4) is 0 Å². The van der Waals surface area contributed by atoms with Crippen LogP contribution in [0, 0.1) is 6.92 Å². The molecule has 0 spiro atoms. The number of carbonyl (C=O) groups is 3. The van der Waals surface area contributed by atoms with Crippen LogP contribution in [-0.4, -0.2) is 42.4 Å². The number of benzene rings is 2. The Hall–Kier alpha value is -3.61. The van der Waals surface area contributed by atoms with Crippen molar-refractivity contribution in [2.24, 2.45) is 0 Å². The van der Waals surface area contributed by atoms with E-state index in [1.165, 1.54) is 12.8 Å². The molecule has 2 N–H and O–H groups in total. The Morgan fingerprint density at radius 1 is 1.03 bits per heavy atom. The summed E-state index contributed by atoms with van der Waals surface area (Å²) in [5.41, 5.74) is 3.83. The molecule has 0 unspecified atom stereocenters. The second-order valence-electron chi connectivity index (χ2n) is 7.58. The van der Waals surface area contributed by atoms with E-state index in [9.17, 15) is 14.4 Å². The van der Waals surface area contributed by atoms with Crippen molar-refractivity contribution in [1.29, 1.82) is 0 Å². The van der Waals surface area contributed by atoms with Crippen molar-refractivity contribution >= 4 is 35.3 Å². The lowest BCUT2D eigenvalue weighted by Crippen LogP contribution is -2.38. The molecule has 0 aromatic heterocycles. The molecule has 0 atom stereocenters. The summed E-state index contributed by atoms with van der Waals surface area (Å²) < 4.78 is 0. The monoisotopic (exact) mass is 404 g/mol. The summed E-state index contributed by atoms with van der Waals surface area (Å²) in [4.78, 5) is 40.3. The zero-order chi connectivity index (χ0) is 21.1. The van der Waals surface area contributed by atoms with Crippen LogP contribution in [0.25, 0.3) is 6.08 Å². The van der Waals surface area contributed by atoms with Crippen LogP contribution in [0.2, 0.25) is 0 Å². The smallest absolute Gasteiger partial charge is 0.329 e. The van der Waals surface area contributed by atoms with E-state index in [2.05, 4.69) is 15.5 Å². The van der Waals surface area contributed by atoms with E-state index in [1.54, 1.807) is 18.2 Å². The number of hydrogen-bond donors (Lipinski definition) is 2. The van der Waals surface area contributed by atoms with Gasteiger partial charge in [-0.05, 0) is 55.7 Å². The minimum atomic E-state index is -0.598. The number of rotatable bonds is 5. The molecular weight excluding hydrogens is 380 g/mol. The SMILES string of the molecule is Cc1ccc(NC(=O)CN2C(=O)N/C(=C\c3ccc(N4CCCC4)cc3)C2=O)cc1.